The molecule has 0 aromatic heterocycles. The van der Waals surface area contributed by atoms with Gasteiger partial charge in [-0.1, -0.05) is 13.8 Å². The zero-order valence-corrected chi connectivity index (χ0v) is 20.1. The van der Waals surface area contributed by atoms with Gasteiger partial charge >= 0.3 is 5.97 Å². The number of anilines is 1. The first-order chi connectivity index (χ1) is 16.5. The van der Waals surface area contributed by atoms with E-state index < -0.39 is 48.2 Å². The zero-order valence-electron chi connectivity index (χ0n) is 20.1. The van der Waals surface area contributed by atoms with E-state index in [0.29, 0.717) is 43.3 Å². The van der Waals surface area contributed by atoms with Gasteiger partial charge in [0.1, 0.15) is 18.4 Å². The van der Waals surface area contributed by atoms with Crippen LogP contribution in [0.5, 0.6) is 0 Å². The molecule has 0 bridgehead atoms. The summed E-state index contributed by atoms with van der Waals surface area (Å²) in [6, 6.07) is 3.29. The Labute approximate surface area is 203 Å². The minimum atomic E-state index is -1.23. The molecule has 1 heterocycles. The minimum Gasteiger partial charge on any atom is -0.481 e. The summed E-state index contributed by atoms with van der Waals surface area (Å²) in [5.74, 6) is -2.70. The van der Waals surface area contributed by atoms with Crippen molar-refractivity contribution < 1.29 is 33.9 Å². The maximum atomic E-state index is 12.9. The molecule has 1 aromatic rings. The summed E-state index contributed by atoms with van der Waals surface area (Å²) >= 11 is 0. The zero-order chi connectivity index (χ0) is 26.1. The summed E-state index contributed by atoms with van der Waals surface area (Å²) in [6.07, 6.45) is 1.09. The Morgan fingerprint density at radius 2 is 1.71 bits per heavy atom. The van der Waals surface area contributed by atoms with E-state index in [9.17, 15) is 28.8 Å². The Morgan fingerprint density at radius 3 is 2.29 bits per heavy atom. The lowest BCUT2D eigenvalue weighted by atomic mass is 10.1. The summed E-state index contributed by atoms with van der Waals surface area (Å²) in [4.78, 5) is 73.2. The van der Waals surface area contributed by atoms with Gasteiger partial charge in [-0.15, -0.1) is 0 Å². The fourth-order valence-corrected chi connectivity index (χ4v) is 3.78. The van der Waals surface area contributed by atoms with Crippen LogP contribution in [0.15, 0.2) is 24.3 Å². The van der Waals surface area contributed by atoms with E-state index in [0.717, 1.165) is 0 Å². The molecule has 4 N–H and O–H groups in total. The molecule has 4 amide bonds. The van der Waals surface area contributed by atoms with Crippen molar-refractivity contribution in [3.05, 3.63) is 29.8 Å². The van der Waals surface area contributed by atoms with Crippen LogP contribution in [-0.2, 0) is 24.0 Å². The third-order valence-electron chi connectivity index (χ3n) is 5.47. The van der Waals surface area contributed by atoms with Crippen LogP contribution in [0, 0.1) is 5.92 Å². The van der Waals surface area contributed by atoms with Crippen LogP contribution in [0.25, 0.3) is 0 Å². The van der Waals surface area contributed by atoms with Crippen molar-refractivity contribution in [3.63, 3.8) is 0 Å². The Balaban J connectivity index is 1.95. The number of nitrogens with one attached hydrogen (secondary N) is 3. The highest BCUT2D eigenvalue weighted by Gasteiger charge is 2.37. The number of carboxylic acids is 1. The molecule has 0 unspecified atom stereocenters. The van der Waals surface area contributed by atoms with E-state index in [-0.39, 0.29) is 11.8 Å². The summed E-state index contributed by atoms with van der Waals surface area (Å²) in [5.41, 5.74) is 0.850. The average Bonchev–Trinajstić information content (AvgIpc) is 3.27. The molecule has 190 valence electrons. The van der Waals surface area contributed by atoms with E-state index >= 15 is 0 Å². The number of benzene rings is 1. The van der Waals surface area contributed by atoms with Crippen molar-refractivity contribution in [1.29, 1.82) is 0 Å². The number of aliphatic carboxylic acids is 1. The van der Waals surface area contributed by atoms with Crippen molar-refractivity contribution in [2.45, 2.75) is 64.6 Å². The first kappa shape index (κ1) is 27.5. The molecule has 0 saturated carbocycles. The second-order valence-electron chi connectivity index (χ2n) is 8.96. The van der Waals surface area contributed by atoms with E-state index in [1.807, 2.05) is 13.8 Å². The van der Waals surface area contributed by atoms with Crippen LogP contribution in [0.4, 0.5) is 5.69 Å². The predicted octanol–water partition coefficient (Wildman–Crippen LogP) is 0.939. The van der Waals surface area contributed by atoms with E-state index in [1.165, 1.54) is 24.0 Å². The van der Waals surface area contributed by atoms with Crippen molar-refractivity contribution in [2.24, 2.45) is 5.92 Å². The molecule has 1 fully saturated rings. The highest BCUT2D eigenvalue weighted by molar-refractivity contribution is 5.99. The molecule has 1 aliphatic heterocycles. The molecule has 1 aromatic carbocycles. The Kier molecular flexibility index (Phi) is 9.92. The van der Waals surface area contributed by atoms with Gasteiger partial charge in [0, 0.05) is 24.2 Å². The molecule has 11 heteroatoms. The van der Waals surface area contributed by atoms with Gasteiger partial charge in [-0.05, 0) is 49.9 Å². The number of hydrogen-bond acceptors (Lipinski definition) is 6. The molecule has 3 atom stereocenters. The molecule has 0 spiro atoms. The number of carboxylic acid groups (broad SMARTS) is 1. The number of aldehydes is 1. The largest absolute Gasteiger partial charge is 0.481 e. The van der Waals surface area contributed by atoms with Crippen LogP contribution >= 0.6 is 0 Å². The molecule has 0 radical (unpaired) electrons. The van der Waals surface area contributed by atoms with Gasteiger partial charge in [0.25, 0.3) is 5.91 Å². The second-order valence-corrected chi connectivity index (χ2v) is 8.96. The molecule has 35 heavy (non-hydrogen) atoms. The molecule has 0 aliphatic carbocycles. The van der Waals surface area contributed by atoms with E-state index in [2.05, 4.69) is 16.0 Å². The molecule has 1 saturated heterocycles. The van der Waals surface area contributed by atoms with Gasteiger partial charge in [-0.25, -0.2) is 0 Å². The third-order valence-corrected chi connectivity index (χ3v) is 5.47. The van der Waals surface area contributed by atoms with Crippen LogP contribution in [0.1, 0.15) is 56.8 Å². The minimum absolute atomic E-state index is 0.122. The highest BCUT2D eigenvalue weighted by Crippen LogP contribution is 2.19. The molecular formula is C24H32N4O7. The molecule has 11 nitrogen and oxygen atoms in total. The summed E-state index contributed by atoms with van der Waals surface area (Å²) in [7, 11) is 0. The van der Waals surface area contributed by atoms with Crippen molar-refractivity contribution in [1.82, 2.24) is 15.5 Å². The van der Waals surface area contributed by atoms with Crippen LogP contribution in [0.3, 0.4) is 0 Å². The second kappa shape index (κ2) is 12.6. The average molecular weight is 489 g/mol. The van der Waals surface area contributed by atoms with Gasteiger partial charge in [0.2, 0.25) is 17.7 Å². The van der Waals surface area contributed by atoms with Gasteiger partial charge in [0.15, 0.2) is 0 Å². The Morgan fingerprint density at radius 1 is 1.06 bits per heavy atom. The number of amides is 4. The fourth-order valence-electron chi connectivity index (χ4n) is 3.78. The molecular weight excluding hydrogens is 456 g/mol. The van der Waals surface area contributed by atoms with Gasteiger partial charge in [0.05, 0.1) is 12.5 Å². The lowest BCUT2D eigenvalue weighted by Crippen LogP contribution is -2.54. The van der Waals surface area contributed by atoms with Crippen LogP contribution in [-0.4, -0.2) is 70.6 Å². The van der Waals surface area contributed by atoms with Gasteiger partial charge in [-0.3, -0.25) is 24.0 Å². The smallest absolute Gasteiger partial charge is 0.305 e. The number of carbonyl (C=O) groups excluding carboxylic acids is 5. The number of likely N-dealkylation sites (tertiary alicyclic amines) is 1. The van der Waals surface area contributed by atoms with Crippen molar-refractivity contribution in [3.8, 4) is 0 Å². The Bertz CT molecular complexity index is 961. The number of carbonyl (C=O) groups is 6. The van der Waals surface area contributed by atoms with Crippen LogP contribution < -0.4 is 16.0 Å². The highest BCUT2D eigenvalue weighted by atomic mass is 16.4. The summed E-state index contributed by atoms with van der Waals surface area (Å²) < 4.78 is 0. The van der Waals surface area contributed by atoms with Gasteiger partial charge in [-0.2, -0.15) is 0 Å². The topological polar surface area (TPSA) is 162 Å². The number of hydrogen-bond donors (Lipinski definition) is 4. The number of nitrogens with zero attached hydrogens (tertiary/aromatic N) is 1. The quantitative estimate of drug-likeness (QED) is 0.337. The van der Waals surface area contributed by atoms with Crippen molar-refractivity contribution in [2.75, 3.05) is 11.9 Å². The number of rotatable bonds is 11. The first-order valence-electron chi connectivity index (χ1n) is 11.5. The first-order valence-corrected chi connectivity index (χ1v) is 11.5. The monoisotopic (exact) mass is 488 g/mol. The van der Waals surface area contributed by atoms with E-state index in [1.54, 1.807) is 12.1 Å². The van der Waals surface area contributed by atoms with Gasteiger partial charge < -0.3 is 30.8 Å². The standard InChI is InChI=1S/C24H32N4O7/c1-14(2)11-20(30)26-17-8-6-16(7-9-17)22(33)25-15(3)24(35)28-10-4-5-19(28)23(34)27-18(13-29)12-21(31)32/h6-9,13-15,18-19H,4-5,10-12H2,1-3H3,(H,25,33)(H,26,30)(H,27,34)(H,31,32)/t15-,18-,19-/m0/s1. The maximum Gasteiger partial charge on any atom is 0.305 e. The fraction of sp³-hybridized carbons (Fsp3) is 0.500. The summed E-state index contributed by atoms with van der Waals surface area (Å²) in [6.45, 7) is 5.68. The predicted molar refractivity (Wildman–Crippen MR) is 126 cm³/mol. The lowest BCUT2D eigenvalue weighted by molar-refractivity contribution is -0.141. The van der Waals surface area contributed by atoms with E-state index in [4.69, 9.17) is 5.11 Å². The maximum absolute atomic E-state index is 12.9. The normalized spacial score (nSPS) is 16.8. The third kappa shape index (κ3) is 8.20. The Hall–Kier alpha value is -3.76. The SMILES string of the molecule is CC(C)CC(=O)Nc1ccc(C(=O)N[C@@H](C)C(=O)N2CCC[C@H]2C(=O)N[C@H](C=O)CC(=O)O)cc1. The lowest BCUT2D eigenvalue weighted by Gasteiger charge is -2.27. The van der Waals surface area contributed by atoms with Crippen molar-refractivity contribution >= 4 is 41.6 Å². The van der Waals surface area contributed by atoms with Crippen LogP contribution in [0.2, 0.25) is 0 Å². The molecule has 2 rings (SSSR count). The molecule has 1 aliphatic rings. The summed E-state index contributed by atoms with van der Waals surface area (Å²) in [5, 5.41) is 16.6.